The summed E-state index contributed by atoms with van der Waals surface area (Å²) in [5.74, 6) is -0.662. The first kappa shape index (κ1) is 14.8. The Kier molecular flexibility index (Phi) is 4.88. The summed E-state index contributed by atoms with van der Waals surface area (Å²) >= 11 is 2.24. The Balaban J connectivity index is 3.27. The van der Waals surface area contributed by atoms with Gasteiger partial charge in [-0.05, 0) is 20.1 Å². The highest BCUT2D eigenvalue weighted by atomic mass is 35.7. The van der Waals surface area contributed by atoms with Crippen molar-refractivity contribution < 1.29 is 17.9 Å². The molecule has 0 aliphatic heterocycles. The Morgan fingerprint density at radius 3 is 2.53 bits per heavy atom. The van der Waals surface area contributed by atoms with Gasteiger partial charge in [-0.3, -0.25) is 0 Å². The molecule has 0 fully saturated rings. The van der Waals surface area contributed by atoms with Crippen molar-refractivity contribution in [3.05, 3.63) is 10.3 Å². The highest BCUT2D eigenvalue weighted by Crippen LogP contribution is 2.36. The summed E-state index contributed by atoms with van der Waals surface area (Å²) < 4.78 is 27.8. The van der Waals surface area contributed by atoms with Crippen LogP contribution in [0.5, 0.6) is 0 Å². The van der Waals surface area contributed by atoms with Gasteiger partial charge in [0.25, 0.3) is 9.05 Å². The van der Waals surface area contributed by atoms with E-state index in [1.165, 1.54) is 11.8 Å². The molecule has 8 heteroatoms. The van der Waals surface area contributed by atoms with Gasteiger partial charge >= 0.3 is 5.97 Å². The maximum Gasteiger partial charge on any atom is 0.350 e. The van der Waals surface area contributed by atoms with Gasteiger partial charge in [0.15, 0.2) is 0 Å². The number of hydrogen-bond acceptors (Lipinski definition) is 6. The Labute approximate surface area is 113 Å². The molecule has 0 aliphatic rings. The molecule has 0 spiro atoms. The molecule has 0 N–H and O–H groups in total. The van der Waals surface area contributed by atoms with Gasteiger partial charge in [-0.15, -0.1) is 23.1 Å². The van der Waals surface area contributed by atoms with Gasteiger partial charge in [0.1, 0.15) is 9.77 Å². The molecule has 0 saturated carbocycles. The first-order valence-electron chi connectivity index (χ1n) is 4.58. The van der Waals surface area contributed by atoms with E-state index in [2.05, 4.69) is 0 Å². The summed E-state index contributed by atoms with van der Waals surface area (Å²) in [6.07, 6.45) is 1.40. The quantitative estimate of drug-likeness (QED) is 0.486. The van der Waals surface area contributed by atoms with Crippen molar-refractivity contribution in [1.29, 1.82) is 0 Å². The second-order valence-corrected chi connectivity index (χ2v) is 7.58. The number of thioether (sulfide) groups is 1. The molecule has 1 aromatic rings. The average molecular weight is 315 g/mol. The molecule has 1 heterocycles. The lowest BCUT2D eigenvalue weighted by atomic mass is 10.4. The van der Waals surface area contributed by atoms with Crippen LogP contribution in [-0.2, 0) is 13.8 Å². The summed E-state index contributed by atoms with van der Waals surface area (Å²) in [4.78, 5) is 12.0. The largest absolute Gasteiger partial charge is 0.459 e. The Bertz CT molecular complexity index is 518. The topological polar surface area (TPSA) is 60.4 Å². The van der Waals surface area contributed by atoms with E-state index in [-0.39, 0.29) is 15.9 Å². The normalized spacial score (nSPS) is 11.8. The van der Waals surface area contributed by atoms with Gasteiger partial charge in [0.05, 0.1) is 6.10 Å². The molecule has 0 aromatic carbocycles. The Morgan fingerprint density at radius 1 is 1.53 bits per heavy atom. The van der Waals surface area contributed by atoms with Crippen LogP contribution in [-0.4, -0.2) is 26.7 Å². The molecular weight excluding hydrogens is 304 g/mol. The average Bonchev–Trinajstić information content (AvgIpc) is 2.58. The van der Waals surface area contributed by atoms with Crippen molar-refractivity contribution in [2.45, 2.75) is 29.7 Å². The number of hydrogen-bond donors (Lipinski definition) is 0. The van der Waals surface area contributed by atoms with E-state index >= 15 is 0 Å². The standard InChI is InChI=1S/C9H11ClO4S3/c1-5(2)14-9(11)7-8(17(10,12)13)6(15-3)4-16-7/h4-5H,1-3H3. The van der Waals surface area contributed by atoms with Crippen LogP contribution in [0.2, 0.25) is 0 Å². The molecule has 0 aliphatic carbocycles. The Hall–Kier alpha value is -0.240. The molecular formula is C9H11ClO4S3. The molecule has 0 bridgehead atoms. The van der Waals surface area contributed by atoms with E-state index in [1.807, 2.05) is 0 Å². The predicted molar refractivity (Wildman–Crippen MR) is 69.7 cm³/mol. The zero-order chi connectivity index (χ0) is 13.2. The third-order valence-electron chi connectivity index (χ3n) is 1.71. The van der Waals surface area contributed by atoms with E-state index in [1.54, 1.807) is 25.5 Å². The minimum absolute atomic E-state index is 0.0260. The first-order chi connectivity index (χ1) is 7.77. The number of esters is 1. The van der Waals surface area contributed by atoms with Crippen LogP contribution in [0.15, 0.2) is 15.2 Å². The SMILES string of the molecule is CSc1csc(C(=O)OC(C)C)c1S(=O)(=O)Cl. The first-order valence-corrected chi connectivity index (χ1v) is 9.00. The minimum Gasteiger partial charge on any atom is -0.459 e. The van der Waals surface area contributed by atoms with Crippen LogP contribution in [0, 0.1) is 0 Å². The van der Waals surface area contributed by atoms with Gasteiger partial charge in [-0.25, -0.2) is 13.2 Å². The van der Waals surface area contributed by atoms with Gasteiger partial charge in [0.2, 0.25) is 0 Å². The van der Waals surface area contributed by atoms with Crippen molar-refractivity contribution in [1.82, 2.24) is 0 Å². The molecule has 0 radical (unpaired) electrons. The van der Waals surface area contributed by atoms with Crippen LogP contribution >= 0.6 is 33.8 Å². The molecule has 1 rings (SSSR count). The zero-order valence-corrected chi connectivity index (χ0v) is 12.6. The van der Waals surface area contributed by atoms with Crippen LogP contribution in [0.25, 0.3) is 0 Å². The van der Waals surface area contributed by atoms with E-state index in [9.17, 15) is 13.2 Å². The van der Waals surface area contributed by atoms with Crippen molar-refractivity contribution in [2.75, 3.05) is 6.26 Å². The fraction of sp³-hybridized carbons (Fsp3) is 0.444. The minimum atomic E-state index is -3.95. The monoisotopic (exact) mass is 314 g/mol. The predicted octanol–water partition coefficient (Wildman–Crippen LogP) is 2.96. The third-order valence-corrected chi connectivity index (χ3v) is 5.21. The molecule has 4 nitrogen and oxygen atoms in total. The summed E-state index contributed by atoms with van der Waals surface area (Å²) in [7, 11) is 1.37. The number of carbonyl (C=O) groups is 1. The van der Waals surface area contributed by atoms with Gasteiger partial charge < -0.3 is 4.74 Å². The molecule has 0 unspecified atom stereocenters. The van der Waals surface area contributed by atoms with Crippen LogP contribution in [0.3, 0.4) is 0 Å². The summed E-state index contributed by atoms with van der Waals surface area (Å²) in [6, 6.07) is 0. The number of halogens is 1. The molecule has 0 saturated heterocycles. The van der Waals surface area contributed by atoms with E-state index in [0.717, 1.165) is 11.3 Å². The second kappa shape index (κ2) is 5.60. The second-order valence-electron chi connectivity index (χ2n) is 3.35. The highest BCUT2D eigenvalue weighted by Gasteiger charge is 2.28. The van der Waals surface area contributed by atoms with Crippen molar-refractivity contribution >= 4 is 48.8 Å². The Morgan fingerprint density at radius 2 is 2.12 bits per heavy atom. The zero-order valence-electron chi connectivity index (χ0n) is 9.39. The van der Waals surface area contributed by atoms with Gasteiger partial charge in [-0.2, -0.15) is 0 Å². The lowest BCUT2D eigenvalue weighted by molar-refractivity contribution is 0.0379. The lowest BCUT2D eigenvalue weighted by Crippen LogP contribution is -2.12. The fourth-order valence-corrected chi connectivity index (χ4v) is 5.18. The van der Waals surface area contributed by atoms with Gasteiger partial charge in [0, 0.05) is 21.0 Å². The van der Waals surface area contributed by atoms with E-state index in [0.29, 0.717) is 4.90 Å². The molecule has 0 amide bonds. The molecule has 0 atom stereocenters. The summed E-state index contributed by atoms with van der Waals surface area (Å²) in [5, 5.41) is 1.58. The highest BCUT2D eigenvalue weighted by molar-refractivity contribution is 8.14. The number of ether oxygens (including phenoxy) is 1. The van der Waals surface area contributed by atoms with Crippen molar-refractivity contribution in [2.24, 2.45) is 0 Å². The third kappa shape index (κ3) is 3.61. The van der Waals surface area contributed by atoms with Crippen molar-refractivity contribution in [3.63, 3.8) is 0 Å². The summed E-state index contributed by atoms with van der Waals surface area (Å²) in [6.45, 7) is 3.38. The lowest BCUT2D eigenvalue weighted by Gasteiger charge is -2.07. The van der Waals surface area contributed by atoms with Crippen LogP contribution in [0.1, 0.15) is 23.5 Å². The fourth-order valence-electron chi connectivity index (χ4n) is 1.11. The number of rotatable bonds is 4. The summed E-state index contributed by atoms with van der Waals surface area (Å²) in [5.41, 5.74) is 0. The molecule has 1 aromatic heterocycles. The van der Waals surface area contributed by atoms with Crippen LogP contribution < -0.4 is 0 Å². The molecule has 96 valence electrons. The maximum atomic E-state index is 11.7. The maximum absolute atomic E-state index is 11.7. The van der Waals surface area contributed by atoms with Crippen LogP contribution in [0.4, 0.5) is 0 Å². The van der Waals surface area contributed by atoms with Gasteiger partial charge in [-0.1, -0.05) is 0 Å². The van der Waals surface area contributed by atoms with E-state index in [4.69, 9.17) is 15.4 Å². The smallest absolute Gasteiger partial charge is 0.350 e. The van der Waals surface area contributed by atoms with E-state index < -0.39 is 15.0 Å². The number of carbonyl (C=O) groups excluding carboxylic acids is 1. The number of thiophene rings is 1. The molecule has 17 heavy (non-hydrogen) atoms. The van der Waals surface area contributed by atoms with Crippen molar-refractivity contribution in [3.8, 4) is 0 Å².